The fourth-order valence-corrected chi connectivity index (χ4v) is 2.42. The van der Waals surface area contributed by atoms with Gasteiger partial charge in [0.05, 0.1) is 0 Å². The summed E-state index contributed by atoms with van der Waals surface area (Å²) >= 11 is 0. The maximum Gasteiger partial charge on any atom is 0.123 e. The zero-order valence-corrected chi connectivity index (χ0v) is 11.6. The smallest absolute Gasteiger partial charge is 0.123 e. The number of hydrogen-bond acceptors (Lipinski definition) is 2. The van der Waals surface area contributed by atoms with E-state index in [0.717, 1.165) is 24.9 Å². The number of benzene rings is 2. The van der Waals surface area contributed by atoms with E-state index in [1.807, 2.05) is 31.3 Å². The lowest BCUT2D eigenvalue weighted by atomic mass is 9.92. The minimum absolute atomic E-state index is 0.197. The van der Waals surface area contributed by atoms with Crippen molar-refractivity contribution in [1.82, 2.24) is 5.32 Å². The average Bonchev–Trinajstić information content (AvgIpc) is 2.44. The molecule has 0 heterocycles. The number of phenolic OH excluding ortho intramolecular Hbond substituents is 1. The van der Waals surface area contributed by atoms with Gasteiger partial charge in [-0.25, -0.2) is 4.39 Å². The third-order valence-corrected chi connectivity index (χ3v) is 3.39. The summed E-state index contributed by atoms with van der Waals surface area (Å²) in [4.78, 5) is 0. The average molecular weight is 273 g/mol. The van der Waals surface area contributed by atoms with Gasteiger partial charge in [0.25, 0.3) is 0 Å². The molecule has 0 aliphatic rings. The molecule has 0 spiro atoms. The van der Waals surface area contributed by atoms with Crippen molar-refractivity contribution in [1.29, 1.82) is 0 Å². The first-order valence-corrected chi connectivity index (χ1v) is 6.84. The summed E-state index contributed by atoms with van der Waals surface area (Å²) in [5.41, 5.74) is 2.34. The van der Waals surface area contributed by atoms with Gasteiger partial charge in [-0.2, -0.15) is 0 Å². The molecule has 0 aliphatic heterocycles. The molecule has 106 valence electrons. The Balaban J connectivity index is 2.02. The molecule has 2 N–H and O–H groups in total. The van der Waals surface area contributed by atoms with Gasteiger partial charge < -0.3 is 10.4 Å². The molecule has 2 rings (SSSR count). The largest absolute Gasteiger partial charge is 0.508 e. The predicted octanol–water partition coefficient (Wildman–Crippen LogP) is 3.15. The van der Waals surface area contributed by atoms with Gasteiger partial charge in [0.1, 0.15) is 11.6 Å². The first kappa shape index (κ1) is 14.5. The Kier molecular flexibility index (Phi) is 5.13. The molecule has 20 heavy (non-hydrogen) atoms. The van der Waals surface area contributed by atoms with E-state index in [0.29, 0.717) is 5.92 Å². The molecule has 0 amide bonds. The Morgan fingerprint density at radius 2 is 1.45 bits per heavy atom. The van der Waals surface area contributed by atoms with E-state index in [4.69, 9.17) is 0 Å². The fraction of sp³-hybridized carbons (Fsp3) is 0.294. The van der Waals surface area contributed by atoms with Gasteiger partial charge in [0.15, 0.2) is 0 Å². The number of nitrogens with one attached hydrogen (secondary N) is 1. The van der Waals surface area contributed by atoms with Crippen LogP contribution in [0, 0.1) is 11.7 Å². The van der Waals surface area contributed by atoms with Gasteiger partial charge in [-0.1, -0.05) is 24.3 Å². The van der Waals surface area contributed by atoms with Crippen LogP contribution in [0.5, 0.6) is 5.75 Å². The predicted molar refractivity (Wildman–Crippen MR) is 79.3 cm³/mol. The Hall–Kier alpha value is -1.87. The summed E-state index contributed by atoms with van der Waals surface area (Å²) in [6.07, 6.45) is 1.83. The SMILES string of the molecule is CNCC(Cc1ccc(O)cc1)Cc1ccc(F)cc1. The second-order valence-electron chi connectivity index (χ2n) is 5.12. The molecule has 0 radical (unpaired) electrons. The third kappa shape index (κ3) is 4.35. The van der Waals surface area contributed by atoms with E-state index in [1.54, 1.807) is 12.1 Å². The van der Waals surface area contributed by atoms with Crippen molar-refractivity contribution >= 4 is 0 Å². The van der Waals surface area contributed by atoms with E-state index in [2.05, 4.69) is 5.32 Å². The molecule has 2 aromatic carbocycles. The van der Waals surface area contributed by atoms with Crippen LogP contribution in [0.25, 0.3) is 0 Å². The van der Waals surface area contributed by atoms with Crippen molar-refractivity contribution in [2.24, 2.45) is 5.92 Å². The van der Waals surface area contributed by atoms with Crippen LogP contribution in [-0.4, -0.2) is 18.7 Å². The quantitative estimate of drug-likeness (QED) is 0.847. The van der Waals surface area contributed by atoms with Gasteiger partial charge in [-0.05, 0) is 67.7 Å². The standard InChI is InChI=1S/C17H20FNO/c1-19-12-15(10-13-2-6-16(18)7-3-13)11-14-4-8-17(20)9-5-14/h2-9,15,19-20H,10-12H2,1H3. The normalized spacial score (nSPS) is 12.3. The minimum atomic E-state index is -0.197. The summed E-state index contributed by atoms with van der Waals surface area (Å²) < 4.78 is 12.9. The van der Waals surface area contributed by atoms with Gasteiger partial charge in [-0.3, -0.25) is 0 Å². The first-order chi connectivity index (χ1) is 9.67. The molecule has 1 unspecified atom stereocenters. The summed E-state index contributed by atoms with van der Waals surface area (Å²) in [6.45, 7) is 0.901. The minimum Gasteiger partial charge on any atom is -0.508 e. The molecule has 0 saturated carbocycles. The fourth-order valence-electron chi connectivity index (χ4n) is 2.42. The van der Waals surface area contributed by atoms with E-state index >= 15 is 0 Å². The molecule has 0 saturated heterocycles. The number of phenols is 1. The van der Waals surface area contributed by atoms with Crippen molar-refractivity contribution in [3.05, 3.63) is 65.5 Å². The highest BCUT2D eigenvalue weighted by Gasteiger charge is 2.10. The van der Waals surface area contributed by atoms with E-state index in [9.17, 15) is 9.50 Å². The summed E-state index contributed by atoms with van der Waals surface area (Å²) in [5.74, 6) is 0.532. The van der Waals surface area contributed by atoms with Crippen LogP contribution in [0.3, 0.4) is 0 Å². The van der Waals surface area contributed by atoms with E-state index in [-0.39, 0.29) is 11.6 Å². The van der Waals surface area contributed by atoms with Crippen LogP contribution in [0.2, 0.25) is 0 Å². The van der Waals surface area contributed by atoms with Crippen molar-refractivity contribution in [3.63, 3.8) is 0 Å². The topological polar surface area (TPSA) is 32.3 Å². The highest BCUT2D eigenvalue weighted by atomic mass is 19.1. The zero-order valence-electron chi connectivity index (χ0n) is 11.6. The second kappa shape index (κ2) is 7.06. The van der Waals surface area contributed by atoms with Crippen LogP contribution in [0.1, 0.15) is 11.1 Å². The van der Waals surface area contributed by atoms with Crippen molar-refractivity contribution in [2.45, 2.75) is 12.8 Å². The molecule has 0 fully saturated rings. The van der Waals surface area contributed by atoms with E-state index < -0.39 is 0 Å². The molecule has 0 bridgehead atoms. The zero-order chi connectivity index (χ0) is 14.4. The number of halogens is 1. The maximum atomic E-state index is 12.9. The van der Waals surface area contributed by atoms with Gasteiger partial charge in [0, 0.05) is 0 Å². The van der Waals surface area contributed by atoms with Crippen molar-refractivity contribution < 1.29 is 9.50 Å². The molecular weight excluding hydrogens is 253 g/mol. The highest BCUT2D eigenvalue weighted by Crippen LogP contribution is 2.17. The maximum absolute atomic E-state index is 12.9. The summed E-state index contributed by atoms with van der Waals surface area (Å²) in [6, 6.07) is 14.0. The molecule has 0 aliphatic carbocycles. The molecule has 2 nitrogen and oxygen atoms in total. The lowest BCUT2D eigenvalue weighted by Crippen LogP contribution is -2.22. The second-order valence-corrected chi connectivity index (χ2v) is 5.12. The van der Waals surface area contributed by atoms with Crippen LogP contribution in [-0.2, 0) is 12.8 Å². The Labute approximate surface area is 119 Å². The summed E-state index contributed by atoms with van der Waals surface area (Å²) in [5, 5.41) is 12.5. The molecule has 2 aromatic rings. The van der Waals surface area contributed by atoms with Gasteiger partial charge in [-0.15, -0.1) is 0 Å². The monoisotopic (exact) mass is 273 g/mol. The number of rotatable bonds is 6. The van der Waals surface area contributed by atoms with Crippen LogP contribution < -0.4 is 5.32 Å². The lowest BCUT2D eigenvalue weighted by Gasteiger charge is -2.17. The number of aromatic hydroxyl groups is 1. The van der Waals surface area contributed by atoms with E-state index in [1.165, 1.54) is 17.7 Å². The van der Waals surface area contributed by atoms with Gasteiger partial charge >= 0.3 is 0 Å². The molecule has 1 atom stereocenters. The third-order valence-electron chi connectivity index (χ3n) is 3.39. The van der Waals surface area contributed by atoms with Crippen LogP contribution in [0.4, 0.5) is 4.39 Å². The Morgan fingerprint density at radius 3 is 1.95 bits per heavy atom. The lowest BCUT2D eigenvalue weighted by molar-refractivity contribution is 0.473. The highest BCUT2D eigenvalue weighted by molar-refractivity contribution is 5.26. The molecule has 3 heteroatoms. The van der Waals surface area contributed by atoms with Crippen LogP contribution in [0.15, 0.2) is 48.5 Å². The molecule has 0 aromatic heterocycles. The summed E-state index contributed by atoms with van der Waals surface area (Å²) in [7, 11) is 1.94. The molecular formula is C17H20FNO. The van der Waals surface area contributed by atoms with Crippen molar-refractivity contribution in [2.75, 3.05) is 13.6 Å². The Bertz CT molecular complexity index is 474. The number of hydrogen-bond donors (Lipinski definition) is 2. The van der Waals surface area contributed by atoms with Crippen molar-refractivity contribution in [3.8, 4) is 5.75 Å². The first-order valence-electron chi connectivity index (χ1n) is 6.84. The Morgan fingerprint density at radius 1 is 0.950 bits per heavy atom. The van der Waals surface area contributed by atoms with Gasteiger partial charge in [0.2, 0.25) is 0 Å². The van der Waals surface area contributed by atoms with Crippen LogP contribution >= 0.6 is 0 Å².